The topological polar surface area (TPSA) is 108 Å². The van der Waals surface area contributed by atoms with Crippen LogP contribution in [-0.4, -0.2) is 64.1 Å². The van der Waals surface area contributed by atoms with Crippen molar-refractivity contribution in [1.29, 1.82) is 0 Å². The molecule has 0 saturated heterocycles. The van der Waals surface area contributed by atoms with Crippen molar-refractivity contribution in [1.82, 2.24) is 0 Å². The van der Waals surface area contributed by atoms with Crippen LogP contribution in [0.25, 0.3) is 0 Å². The molecule has 0 aliphatic heterocycles. The summed E-state index contributed by atoms with van der Waals surface area (Å²) in [5.74, 6) is 0.530. The minimum atomic E-state index is -1.68. The van der Waals surface area contributed by atoms with E-state index in [0.29, 0.717) is 16.7 Å². The second kappa shape index (κ2) is 9.42. The van der Waals surface area contributed by atoms with Crippen molar-refractivity contribution < 1.29 is 20.1 Å². The molecule has 0 radical (unpaired) electrons. The molecule has 0 fully saturated rings. The van der Waals surface area contributed by atoms with Crippen molar-refractivity contribution in [3.63, 3.8) is 0 Å². The second-order valence-electron chi connectivity index (χ2n) is 5.25. The van der Waals surface area contributed by atoms with Crippen LogP contribution in [0.3, 0.4) is 0 Å². The average Bonchev–Trinajstić information content (AvgIpc) is 2.41. The monoisotopic (exact) mass is 320 g/mol. The minimum Gasteiger partial charge on any atom is -0.513 e. The Morgan fingerprint density at radius 1 is 1.48 bits per heavy atom. The summed E-state index contributed by atoms with van der Waals surface area (Å²) >= 11 is 1.59. The first-order valence-electron chi connectivity index (χ1n) is 6.80. The highest BCUT2D eigenvalue weighted by Crippen LogP contribution is 2.25. The van der Waals surface area contributed by atoms with Crippen LogP contribution in [0.4, 0.5) is 0 Å². The number of hydrogen-bond donors (Lipinski definition) is 4. The van der Waals surface area contributed by atoms with Crippen molar-refractivity contribution in [2.24, 2.45) is 10.7 Å². The Balaban J connectivity index is 5.20. The van der Waals surface area contributed by atoms with Gasteiger partial charge in [-0.15, -0.1) is 0 Å². The fourth-order valence-corrected chi connectivity index (χ4v) is 2.65. The van der Waals surface area contributed by atoms with E-state index in [-0.39, 0.29) is 12.2 Å². The number of aliphatic imine (C=N–C) groups is 1. The molecule has 5 N–H and O–H groups in total. The molecule has 0 aromatic heterocycles. The lowest BCUT2D eigenvalue weighted by molar-refractivity contribution is -0.203. The zero-order valence-corrected chi connectivity index (χ0v) is 14.2. The summed E-state index contributed by atoms with van der Waals surface area (Å²) < 4.78 is 4.87. The highest BCUT2D eigenvalue weighted by molar-refractivity contribution is 7.99. The largest absolute Gasteiger partial charge is 0.513 e. The second-order valence-corrected chi connectivity index (χ2v) is 6.85. The number of nitrogens with two attached hydrogens (primary N) is 1. The Bertz CT molecular complexity index is 370. The standard InChI is InChI=1S/C14H28N2O4S/c1-9(2)21-8-12(15)14(19,13(18)20-5)7-11(16-4)6-10(3)17/h6,9,12-13,17-19H,7-8,15H2,1-5H3/b10-6+,16-11+. The van der Waals surface area contributed by atoms with Gasteiger partial charge in [-0.2, -0.15) is 11.8 Å². The first kappa shape index (κ1) is 20.4. The van der Waals surface area contributed by atoms with E-state index in [2.05, 4.69) is 4.99 Å². The molecular formula is C14H28N2O4S. The van der Waals surface area contributed by atoms with Crippen LogP contribution in [0.5, 0.6) is 0 Å². The van der Waals surface area contributed by atoms with Crippen LogP contribution >= 0.6 is 11.8 Å². The minimum absolute atomic E-state index is 0.0176. The highest BCUT2D eigenvalue weighted by atomic mass is 32.2. The molecule has 0 saturated carbocycles. The number of nitrogens with zero attached hydrogens (tertiary/aromatic N) is 1. The summed E-state index contributed by atoms with van der Waals surface area (Å²) in [6.45, 7) is 5.56. The summed E-state index contributed by atoms with van der Waals surface area (Å²) in [5, 5.41) is 30.5. The van der Waals surface area contributed by atoms with E-state index in [4.69, 9.17) is 10.5 Å². The molecule has 0 amide bonds. The number of thioether (sulfide) groups is 1. The number of allylic oxidation sites excluding steroid dienone is 2. The number of rotatable bonds is 9. The summed E-state index contributed by atoms with van der Waals surface area (Å²) in [7, 11) is 2.84. The van der Waals surface area contributed by atoms with Crippen LogP contribution in [0.15, 0.2) is 16.8 Å². The average molecular weight is 320 g/mol. The third-order valence-electron chi connectivity index (χ3n) is 3.03. The maximum Gasteiger partial charge on any atom is 0.185 e. The molecule has 0 aromatic rings. The van der Waals surface area contributed by atoms with E-state index in [9.17, 15) is 15.3 Å². The maximum absolute atomic E-state index is 10.8. The summed E-state index contributed by atoms with van der Waals surface area (Å²) in [6.07, 6.45) is -0.0317. The van der Waals surface area contributed by atoms with Gasteiger partial charge in [0.15, 0.2) is 6.29 Å². The van der Waals surface area contributed by atoms with Crippen LogP contribution < -0.4 is 5.73 Å². The van der Waals surface area contributed by atoms with Crippen molar-refractivity contribution in [3.8, 4) is 0 Å². The fraction of sp³-hybridized carbons (Fsp3) is 0.786. The van der Waals surface area contributed by atoms with Crippen LogP contribution in [0, 0.1) is 0 Å². The Hall–Kier alpha value is -0.600. The first-order valence-corrected chi connectivity index (χ1v) is 7.85. The molecule has 3 unspecified atom stereocenters. The number of ether oxygens (including phenoxy) is 1. The molecule has 0 aromatic carbocycles. The number of methoxy groups -OCH3 is 1. The van der Waals surface area contributed by atoms with Crippen molar-refractivity contribution in [2.75, 3.05) is 19.9 Å². The van der Waals surface area contributed by atoms with Gasteiger partial charge < -0.3 is 25.8 Å². The Labute approximate surface area is 131 Å². The predicted octanol–water partition coefficient (Wildman–Crippen LogP) is 1.07. The van der Waals surface area contributed by atoms with Gasteiger partial charge >= 0.3 is 0 Å². The van der Waals surface area contributed by atoms with Gasteiger partial charge in [0.05, 0.1) is 5.76 Å². The van der Waals surface area contributed by atoms with Gasteiger partial charge in [-0.25, -0.2) is 0 Å². The van der Waals surface area contributed by atoms with Gasteiger partial charge in [-0.1, -0.05) is 13.8 Å². The number of aliphatic hydroxyl groups is 3. The molecule has 0 rings (SSSR count). The van der Waals surface area contributed by atoms with Crippen molar-refractivity contribution >= 4 is 17.5 Å². The number of aliphatic hydroxyl groups excluding tert-OH is 2. The van der Waals surface area contributed by atoms with E-state index >= 15 is 0 Å². The third kappa shape index (κ3) is 6.80. The molecule has 124 valence electrons. The van der Waals surface area contributed by atoms with Gasteiger partial charge in [0.1, 0.15) is 5.60 Å². The van der Waals surface area contributed by atoms with Crippen LogP contribution in [0.2, 0.25) is 0 Å². The molecule has 21 heavy (non-hydrogen) atoms. The maximum atomic E-state index is 10.8. The Morgan fingerprint density at radius 2 is 2.05 bits per heavy atom. The summed E-state index contributed by atoms with van der Waals surface area (Å²) in [6, 6.07) is -0.705. The van der Waals surface area contributed by atoms with E-state index < -0.39 is 17.9 Å². The lowest BCUT2D eigenvalue weighted by Crippen LogP contribution is -2.59. The summed E-state index contributed by atoms with van der Waals surface area (Å²) in [5.41, 5.74) is 4.81. The molecular weight excluding hydrogens is 292 g/mol. The van der Waals surface area contributed by atoms with Gasteiger partial charge in [-0.05, 0) is 18.2 Å². The normalized spacial score (nSPS) is 19.5. The Morgan fingerprint density at radius 3 is 2.43 bits per heavy atom. The zero-order valence-electron chi connectivity index (χ0n) is 13.4. The summed E-state index contributed by atoms with van der Waals surface area (Å²) in [4.78, 5) is 4.00. The van der Waals surface area contributed by atoms with Crippen molar-refractivity contribution in [3.05, 3.63) is 11.8 Å². The highest BCUT2D eigenvalue weighted by Gasteiger charge is 2.43. The third-order valence-corrected chi connectivity index (χ3v) is 4.25. The predicted molar refractivity (Wildman–Crippen MR) is 87.9 cm³/mol. The van der Waals surface area contributed by atoms with E-state index in [1.165, 1.54) is 20.1 Å². The van der Waals surface area contributed by atoms with E-state index in [0.717, 1.165) is 0 Å². The lowest BCUT2D eigenvalue weighted by atomic mass is 9.88. The Kier molecular flexibility index (Phi) is 9.15. The molecule has 0 heterocycles. The first-order chi connectivity index (χ1) is 9.67. The van der Waals surface area contributed by atoms with E-state index in [1.807, 2.05) is 13.8 Å². The molecule has 3 atom stereocenters. The molecule has 0 aliphatic rings. The lowest BCUT2D eigenvalue weighted by Gasteiger charge is -2.37. The zero-order chi connectivity index (χ0) is 16.6. The molecule has 0 spiro atoms. The van der Waals surface area contributed by atoms with E-state index in [1.54, 1.807) is 18.8 Å². The van der Waals surface area contributed by atoms with Gasteiger partial charge in [0.2, 0.25) is 0 Å². The van der Waals surface area contributed by atoms with Gasteiger partial charge in [-0.3, -0.25) is 4.99 Å². The smallest absolute Gasteiger partial charge is 0.185 e. The van der Waals surface area contributed by atoms with Crippen molar-refractivity contribution in [2.45, 2.75) is 50.4 Å². The van der Waals surface area contributed by atoms with Gasteiger partial charge in [0.25, 0.3) is 0 Å². The SMILES string of the molecule is C/N=C(\C=C(/C)O)CC(O)(C(N)CSC(C)C)C(O)OC. The number of hydrogen-bond acceptors (Lipinski definition) is 7. The van der Waals surface area contributed by atoms with Crippen LogP contribution in [0.1, 0.15) is 27.2 Å². The molecule has 0 bridgehead atoms. The molecule has 7 heteroatoms. The van der Waals surface area contributed by atoms with Crippen LogP contribution in [-0.2, 0) is 4.74 Å². The molecule has 0 aliphatic carbocycles. The fourth-order valence-electron chi connectivity index (χ4n) is 1.77. The molecule has 6 nitrogen and oxygen atoms in total. The quantitative estimate of drug-likeness (QED) is 0.287. The van der Waals surface area contributed by atoms with Gasteiger partial charge in [0, 0.05) is 38.1 Å².